The van der Waals surface area contributed by atoms with Gasteiger partial charge in [-0.2, -0.15) is 0 Å². The zero-order chi connectivity index (χ0) is 4.50. The van der Waals surface area contributed by atoms with Crippen LogP contribution in [-0.4, -0.2) is 13.3 Å². The summed E-state index contributed by atoms with van der Waals surface area (Å²) in [6, 6.07) is 0. The second kappa shape index (κ2) is 6.67. The van der Waals surface area contributed by atoms with E-state index in [9.17, 15) is 0 Å². The van der Waals surface area contributed by atoms with Gasteiger partial charge in [0, 0.05) is 0 Å². The first-order valence-corrected chi connectivity index (χ1v) is 3.00. The molecular formula is KO3S2Zn+. The fourth-order valence-electron chi connectivity index (χ4n) is 0. The molecule has 0 aromatic rings. The van der Waals surface area contributed by atoms with Gasteiger partial charge in [0.1, 0.15) is 0 Å². The van der Waals surface area contributed by atoms with Crippen molar-refractivity contribution in [2.45, 2.75) is 0 Å². The Bertz CT molecular complexity index is 96.1. The van der Waals surface area contributed by atoms with Crippen molar-refractivity contribution in [1.29, 1.82) is 0 Å². The fraction of sp³-hybridized carbons (Fsp3) is 0. The van der Waals surface area contributed by atoms with Crippen LogP contribution in [-0.2, 0) is 39.7 Å². The molecule has 0 saturated heterocycles. The molecule has 0 unspecified atom stereocenters. The maximum absolute atomic E-state index is 8.89. The largest absolute Gasteiger partial charge is 2.00 e. The summed E-state index contributed by atoms with van der Waals surface area (Å²) < 4.78 is 26.7. The summed E-state index contributed by atoms with van der Waals surface area (Å²) in [5.41, 5.74) is 0. The van der Waals surface area contributed by atoms with E-state index in [-0.39, 0.29) is 70.9 Å². The molecule has 7 heteroatoms. The van der Waals surface area contributed by atoms with Gasteiger partial charge >= 0.3 is 70.9 Å². The second-order valence-corrected chi connectivity index (χ2v) is 2.45. The van der Waals surface area contributed by atoms with Crippen LogP contribution in [0.2, 0.25) is 0 Å². The third-order valence-electron chi connectivity index (χ3n) is 0. The summed E-state index contributed by atoms with van der Waals surface area (Å²) in [7, 11) is -4.33. The molecule has 0 amide bonds. The molecule has 0 atom stereocenters. The van der Waals surface area contributed by atoms with Crippen molar-refractivity contribution in [2.75, 3.05) is 0 Å². The Kier molecular flexibility index (Phi) is 15.5. The molecule has 0 saturated carbocycles. The van der Waals surface area contributed by atoms with Gasteiger partial charge in [0.15, 0.2) is 0 Å². The van der Waals surface area contributed by atoms with E-state index in [0.717, 1.165) is 0 Å². The normalized spacial score (nSPS) is 8.29. The molecule has 0 aliphatic rings. The summed E-state index contributed by atoms with van der Waals surface area (Å²) in [5.74, 6) is 0. The van der Waals surface area contributed by atoms with Crippen LogP contribution in [0.1, 0.15) is 0 Å². The maximum Gasteiger partial charge on any atom is 2.00 e. The van der Waals surface area contributed by atoms with Crippen molar-refractivity contribution < 1.29 is 84.2 Å². The first-order chi connectivity index (χ1) is 2.00. The van der Waals surface area contributed by atoms with Crippen LogP contribution in [0.4, 0.5) is 0 Å². The molecule has 0 aromatic heterocycles. The van der Waals surface area contributed by atoms with Crippen molar-refractivity contribution in [3.8, 4) is 0 Å². The molecule has 0 bridgehead atoms. The Morgan fingerprint density at radius 2 is 1.43 bits per heavy atom. The van der Waals surface area contributed by atoms with E-state index in [1.807, 2.05) is 0 Å². The Labute approximate surface area is 102 Å². The van der Waals surface area contributed by atoms with Crippen LogP contribution in [0.15, 0.2) is 0 Å². The van der Waals surface area contributed by atoms with Crippen LogP contribution in [0.3, 0.4) is 0 Å². The molecule has 0 aliphatic heterocycles. The molecular weight excluding hydrogens is 217 g/mol. The van der Waals surface area contributed by atoms with Crippen molar-refractivity contribution >= 4 is 20.2 Å². The Balaban J connectivity index is -0.0000000800. The summed E-state index contributed by atoms with van der Waals surface area (Å²) in [5, 5.41) is 0. The topological polar surface area (TPSA) is 63.2 Å². The molecule has 0 spiro atoms. The number of hydrogen-bond acceptors (Lipinski definition) is 4. The fourth-order valence-corrected chi connectivity index (χ4v) is 0. The van der Waals surface area contributed by atoms with Crippen molar-refractivity contribution in [2.24, 2.45) is 0 Å². The average molecular weight is 217 g/mol. The van der Waals surface area contributed by atoms with Crippen molar-refractivity contribution in [1.82, 2.24) is 0 Å². The minimum absolute atomic E-state index is 0. The summed E-state index contributed by atoms with van der Waals surface area (Å²) in [4.78, 5) is 0. The van der Waals surface area contributed by atoms with E-state index >= 15 is 0 Å². The van der Waals surface area contributed by atoms with E-state index in [4.69, 9.17) is 13.3 Å². The molecule has 0 rings (SSSR count). The minimum atomic E-state index is -4.33. The Morgan fingerprint density at radius 1 is 1.43 bits per heavy atom. The average Bonchev–Trinajstić information content (AvgIpc) is 0.722. The zero-order valence-corrected chi connectivity index (χ0v) is 11.5. The molecule has 32 valence electrons. The monoisotopic (exact) mass is 215 g/mol. The standard InChI is InChI=1S/K.H2O3S2.Zn/c;1-5(2,3)4;/h;(H2,1,2,3,4);/q+1;;+2/p-2. The van der Waals surface area contributed by atoms with Crippen LogP contribution < -0.4 is 51.4 Å². The molecule has 0 fully saturated rings. The SMILES string of the molecule is O=S([O-])([O-])=S.[K+].[Zn+2]. The molecule has 7 heavy (non-hydrogen) atoms. The van der Waals surface area contributed by atoms with Gasteiger partial charge in [0.2, 0.25) is 0 Å². The summed E-state index contributed by atoms with van der Waals surface area (Å²) >= 11 is 3.24. The second-order valence-electron chi connectivity index (χ2n) is 0.408. The molecule has 0 aliphatic carbocycles. The van der Waals surface area contributed by atoms with E-state index in [1.54, 1.807) is 0 Å². The third kappa shape index (κ3) is 56.4. The van der Waals surface area contributed by atoms with E-state index in [0.29, 0.717) is 0 Å². The Hall–Kier alpha value is 2.55. The molecule has 0 N–H and O–H groups in total. The van der Waals surface area contributed by atoms with Crippen molar-refractivity contribution in [3.05, 3.63) is 0 Å². The smallest absolute Gasteiger partial charge is 0.780 e. The first-order valence-electron chi connectivity index (χ1n) is 0.667. The van der Waals surface area contributed by atoms with Crippen molar-refractivity contribution in [3.63, 3.8) is 0 Å². The predicted octanol–water partition coefficient (Wildman–Crippen LogP) is -4.00. The Morgan fingerprint density at radius 3 is 1.43 bits per heavy atom. The minimum Gasteiger partial charge on any atom is -0.780 e. The third-order valence-corrected chi connectivity index (χ3v) is 0. The number of rotatable bonds is 0. The van der Waals surface area contributed by atoms with Gasteiger partial charge in [-0.05, 0) is 11.2 Å². The van der Waals surface area contributed by atoms with Gasteiger partial charge in [0.25, 0.3) is 0 Å². The van der Waals surface area contributed by atoms with Gasteiger partial charge in [0.05, 0.1) is 0 Å². The van der Waals surface area contributed by atoms with Gasteiger partial charge in [-0.3, -0.25) is 4.21 Å². The molecule has 0 heterocycles. The van der Waals surface area contributed by atoms with Gasteiger partial charge < -0.3 is 9.11 Å². The first kappa shape index (κ1) is 16.3. The van der Waals surface area contributed by atoms with Gasteiger partial charge in [-0.15, -0.1) is 9.05 Å². The molecule has 3 nitrogen and oxygen atoms in total. The molecule has 0 radical (unpaired) electrons. The van der Waals surface area contributed by atoms with Crippen LogP contribution in [0, 0.1) is 0 Å². The zero-order valence-electron chi connectivity index (χ0n) is 3.75. The maximum atomic E-state index is 8.89. The molecule has 0 aromatic carbocycles. The van der Waals surface area contributed by atoms with Gasteiger partial charge in [-0.1, -0.05) is 0 Å². The van der Waals surface area contributed by atoms with Gasteiger partial charge in [-0.25, -0.2) is 0 Å². The van der Waals surface area contributed by atoms with Crippen LogP contribution >= 0.6 is 0 Å². The van der Waals surface area contributed by atoms with Crippen LogP contribution in [0.5, 0.6) is 0 Å². The predicted molar refractivity (Wildman–Crippen MR) is 17.1 cm³/mol. The van der Waals surface area contributed by atoms with E-state index < -0.39 is 9.05 Å². The summed E-state index contributed by atoms with van der Waals surface area (Å²) in [6.45, 7) is 0. The summed E-state index contributed by atoms with van der Waals surface area (Å²) in [6.07, 6.45) is 0. The van der Waals surface area contributed by atoms with Crippen LogP contribution in [0.25, 0.3) is 0 Å². The van der Waals surface area contributed by atoms with E-state index in [1.165, 1.54) is 0 Å². The quantitative estimate of drug-likeness (QED) is 0.387. The number of hydrogen-bond donors (Lipinski definition) is 0. The van der Waals surface area contributed by atoms with E-state index in [2.05, 4.69) is 11.2 Å².